The number of ether oxygens (including phenoxy) is 2. The highest BCUT2D eigenvalue weighted by atomic mass is 35.5. The van der Waals surface area contributed by atoms with E-state index in [0.29, 0.717) is 22.2 Å². The average Bonchev–Trinajstić information content (AvgIpc) is 2.89. The first-order valence-corrected chi connectivity index (χ1v) is 7.40. The Kier molecular flexibility index (Phi) is 3.61. The Hall–Kier alpha value is -1.98. The Labute approximate surface area is 131 Å². The van der Waals surface area contributed by atoms with E-state index in [2.05, 4.69) is 4.98 Å². The summed E-state index contributed by atoms with van der Waals surface area (Å²) in [5, 5.41) is 1.49. The van der Waals surface area contributed by atoms with Crippen molar-refractivity contribution in [1.29, 1.82) is 0 Å². The van der Waals surface area contributed by atoms with E-state index >= 15 is 0 Å². The van der Waals surface area contributed by atoms with Crippen molar-refractivity contribution in [3.05, 3.63) is 35.4 Å². The molecule has 0 atom stereocenters. The minimum absolute atomic E-state index is 0.595. The normalized spacial score (nSPS) is 10.8. The summed E-state index contributed by atoms with van der Waals surface area (Å²) in [5.41, 5.74) is 8.39. The van der Waals surface area contributed by atoms with E-state index in [-0.39, 0.29) is 0 Å². The van der Waals surface area contributed by atoms with E-state index in [1.54, 1.807) is 31.6 Å². The molecule has 3 aromatic rings. The van der Waals surface area contributed by atoms with Gasteiger partial charge in [0.2, 0.25) is 0 Å². The zero-order valence-corrected chi connectivity index (χ0v) is 13.1. The topological polar surface area (TPSA) is 57.4 Å². The van der Waals surface area contributed by atoms with Crippen molar-refractivity contribution in [1.82, 2.24) is 4.98 Å². The lowest BCUT2D eigenvalue weighted by Crippen LogP contribution is -1.95. The Morgan fingerprint density at radius 3 is 2.52 bits per heavy atom. The molecule has 0 saturated heterocycles. The second-order valence-corrected chi connectivity index (χ2v) is 5.89. The number of hydrogen-bond acceptors (Lipinski definition) is 5. The number of benzene rings is 2. The molecule has 4 nitrogen and oxygen atoms in total. The molecule has 0 aliphatic rings. The van der Waals surface area contributed by atoms with Crippen molar-refractivity contribution >= 4 is 38.8 Å². The smallest absolute Gasteiger partial charge is 0.162 e. The molecule has 2 N–H and O–H groups in total. The van der Waals surface area contributed by atoms with Gasteiger partial charge in [-0.1, -0.05) is 11.6 Å². The van der Waals surface area contributed by atoms with E-state index in [0.717, 1.165) is 20.8 Å². The van der Waals surface area contributed by atoms with Crippen LogP contribution in [0.5, 0.6) is 11.5 Å². The summed E-state index contributed by atoms with van der Waals surface area (Å²) in [6.45, 7) is 0. The summed E-state index contributed by atoms with van der Waals surface area (Å²) in [7, 11) is 3.17. The van der Waals surface area contributed by atoms with Crippen LogP contribution < -0.4 is 15.2 Å². The molecule has 0 amide bonds. The predicted molar refractivity (Wildman–Crippen MR) is 87.6 cm³/mol. The van der Waals surface area contributed by atoms with Crippen molar-refractivity contribution in [2.24, 2.45) is 0 Å². The van der Waals surface area contributed by atoms with Gasteiger partial charge in [0.05, 0.1) is 24.4 Å². The van der Waals surface area contributed by atoms with E-state index in [4.69, 9.17) is 26.8 Å². The van der Waals surface area contributed by atoms with Crippen LogP contribution in [0, 0.1) is 0 Å². The van der Waals surface area contributed by atoms with Crippen LogP contribution in [0.15, 0.2) is 30.3 Å². The van der Waals surface area contributed by atoms with Crippen molar-refractivity contribution in [3.8, 4) is 22.1 Å². The third-order valence-electron chi connectivity index (χ3n) is 3.14. The first-order chi connectivity index (χ1) is 10.1. The summed E-state index contributed by atoms with van der Waals surface area (Å²) in [5.74, 6) is 1.22. The monoisotopic (exact) mass is 320 g/mol. The van der Waals surface area contributed by atoms with Crippen LogP contribution >= 0.6 is 22.9 Å². The zero-order valence-electron chi connectivity index (χ0n) is 11.5. The summed E-state index contributed by atoms with van der Waals surface area (Å²) in [6.07, 6.45) is 0. The number of methoxy groups -OCH3 is 2. The van der Waals surface area contributed by atoms with Gasteiger partial charge >= 0.3 is 0 Å². The number of halogens is 1. The molecule has 0 spiro atoms. The molecular formula is C15H13ClN2O2S. The Morgan fingerprint density at radius 2 is 1.81 bits per heavy atom. The van der Waals surface area contributed by atoms with Crippen molar-refractivity contribution in [3.63, 3.8) is 0 Å². The first kappa shape index (κ1) is 14.0. The number of thiazole rings is 1. The second-order valence-electron chi connectivity index (χ2n) is 4.43. The molecule has 0 fully saturated rings. The molecule has 0 aliphatic heterocycles. The summed E-state index contributed by atoms with van der Waals surface area (Å²) >= 11 is 7.56. The molecule has 1 heterocycles. The number of aromatic nitrogens is 1. The fourth-order valence-electron chi connectivity index (χ4n) is 2.10. The fraction of sp³-hybridized carbons (Fsp3) is 0.133. The average molecular weight is 321 g/mol. The second kappa shape index (κ2) is 5.42. The lowest BCUT2D eigenvalue weighted by atomic mass is 10.1. The number of nitrogen functional groups attached to an aromatic ring is 1. The summed E-state index contributed by atoms with van der Waals surface area (Å²) in [4.78, 5) is 4.59. The van der Waals surface area contributed by atoms with Gasteiger partial charge in [0.25, 0.3) is 0 Å². The number of hydrogen-bond donors (Lipinski definition) is 1. The third kappa shape index (κ3) is 2.50. The highest BCUT2D eigenvalue weighted by Gasteiger charge is 2.14. The van der Waals surface area contributed by atoms with E-state index < -0.39 is 0 Å². The highest BCUT2D eigenvalue weighted by Crippen LogP contribution is 2.40. The van der Waals surface area contributed by atoms with Gasteiger partial charge in [0, 0.05) is 22.3 Å². The number of nitrogens with zero attached hydrogens (tertiary/aromatic N) is 1. The Morgan fingerprint density at radius 1 is 1.10 bits per heavy atom. The van der Waals surface area contributed by atoms with Crippen LogP contribution in [-0.4, -0.2) is 19.2 Å². The van der Waals surface area contributed by atoms with Gasteiger partial charge in [-0.15, -0.1) is 11.3 Å². The third-order valence-corrected chi connectivity index (χ3v) is 4.44. The Bertz CT molecular complexity index is 817. The van der Waals surface area contributed by atoms with Gasteiger partial charge in [-0.05, 0) is 24.3 Å². The first-order valence-electron chi connectivity index (χ1n) is 6.20. The van der Waals surface area contributed by atoms with Crippen LogP contribution in [0.25, 0.3) is 20.8 Å². The molecule has 0 unspecified atom stereocenters. The lowest BCUT2D eigenvalue weighted by Gasteiger charge is -2.10. The molecule has 0 radical (unpaired) electrons. The molecule has 1 aromatic heterocycles. The maximum absolute atomic E-state index is 6.11. The lowest BCUT2D eigenvalue weighted by molar-refractivity contribution is 0.355. The molecule has 6 heteroatoms. The van der Waals surface area contributed by atoms with E-state index in [1.807, 2.05) is 24.3 Å². The van der Waals surface area contributed by atoms with Crippen molar-refractivity contribution < 1.29 is 9.47 Å². The van der Waals surface area contributed by atoms with Crippen molar-refractivity contribution in [2.75, 3.05) is 20.0 Å². The van der Waals surface area contributed by atoms with Gasteiger partial charge in [0.15, 0.2) is 11.5 Å². The predicted octanol–water partition coefficient (Wildman–Crippen LogP) is 4.22. The van der Waals surface area contributed by atoms with E-state index in [1.165, 1.54) is 0 Å². The largest absolute Gasteiger partial charge is 0.493 e. The van der Waals surface area contributed by atoms with Gasteiger partial charge in [-0.3, -0.25) is 0 Å². The van der Waals surface area contributed by atoms with Gasteiger partial charge in [-0.25, -0.2) is 4.98 Å². The minimum atomic E-state index is 0.595. The maximum atomic E-state index is 6.11. The highest BCUT2D eigenvalue weighted by molar-refractivity contribution is 7.21. The van der Waals surface area contributed by atoms with E-state index in [9.17, 15) is 0 Å². The SMILES string of the molecule is COc1cc(N)c(-c2nc3cc(Cl)ccc3s2)cc1OC. The number of nitrogens with two attached hydrogens (primary N) is 1. The zero-order chi connectivity index (χ0) is 15.0. The van der Waals surface area contributed by atoms with Crippen LogP contribution in [0.4, 0.5) is 5.69 Å². The molecular weight excluding hydrogens is 308 g/mol. The summed E-state index contributed by atoms with van der Waals surface area (Å²) in [6, 6.07) is 9.23. The fourth-order valence-corrected chi connectivity index (χ4v) is 3.25. The van der Waals surface area contributed by atoms with Crippen LogP contribution in [0.1, 0.15) is 0 Å². The van der Waals surface area contributed by atoms with Gasteiger partial charge < -0.3 is 15.2 Å². The molecule has 0 aliphatic carbocycles. The van der Waals surface area contributed by atoms with Crippen LogP contribution in [0.3, 0.4) is 0 Å². The number of anilines is 1. The number of rotatable bonds is 3. The minimum Gasteiger partial charge on any atom is -0.493 e. The molecule has 108 valence electrons. The number of fused-ring (bicyclic) bond motifs is 1. The molecule has 0 bridgehead atoms. The molecule has 0 saturated carbocycles. The quantitative estimate of drug-likeness (QED) is 0.734. The van der Waals surface area contributed by atoms with Gasteiger partial charge in [0.1, 0.15) is 5.01 Å². The van der Waals surface area contributed by atoms with Gasteiger partial charge in [-0.2, -0.15) is 0 Å². The Balaban J connectivity index is 2.17. The van der Waals surface area contributed by atoms with Crippen molar-refractivity contribution in [2.45, 2.75) is 0 Å². The van der Waals surface area contributed by atoms with Crippen LogP contribution in [-0.2, 0) is 0 Å². The summed E-state index contributed by atoms with van der Waals surface area (Å²) < 4.78 is 11.6. The van der Waals surface area contributed by atoms with Crippen LogP contribution in [0.2, 0.25) is 5.02 Å². The molecule has 3 rings (SSSR count). The standard InChI is InChI=1S/C15H13ClN2O2S/c1-19-12-6-9(10(17)7-13(12)20-2)15-18-11-5-8(16)3-4-14(11)21-15/h3-7H,17H2,1-2H3. The molecule has 2 aromatic carbocycles. The maximum Gasteiger partial charge on any atom is 0.162 e. The molecule has 21 heavy (non-hydrogen) atoms.